The molecule has 0 aliphatic carbocycles. The molecule has 0 aliphatic heterocycles. The third-order valence-electron chi connectivity index (χ3n) is 2.62. The van der Waals surface area contributed by atoms with Crippen LogP contribution in [0, 0.1) is 0 Å². The van der Waals surface area contributed by atoms with Crippen LogP contribution < -0.4 is 5.32 Å². The molecule has 5 heteroatoms. The van der Waals surface area contributed by atoms with Gasteiger partial charge in [0.2, 0.25) is 0 Å². The molecule has 0 saturated carbocycles. The van der Waals surface area contributed by atoms with Crippen molar-refractivity contribution in [2.75, 3.05) is 0 Å². The second-order valence-corrected chi connectivity index (χ2v) is 4.89. The number of aliphatic carboxylic acids is 1. The molecule has 1 aromatic carbocycles. The van der Waals surface area contributed by atoms with Crippen molar-refractivity contribution in [2.24, 2.45) is 0 Å². The van der Waals surface area contributed by atoms with E-state index in [1.807, 2.05) is 16.8 Å². The summed E-state index contributed by atoms with van der Waals surface area (Å²) in [5.41, 5.74) is 2.36. The second kappa shape index (κ2) is 6.68. The highest BCUT2D eigenvalue weighted by Gasteiger charge is 2.04. The molecule has 2 N–H and O–H groups in total. The van der Waals surface area contributed by atoms with Crippen molar-refractivity contribution in [1.82, 2.24) is 5.32 Å². The molecular weight excluding hydrogens is 274 g/mol. The maximum absolute atomic E-state index is 11.9. The van der Waals surface area contributed by atoms with Gasteiger partial charge in [-0.1, -0.05) is 12.1 Å². The van der Waals surface area contributed by atoms with Gasteiger partial charge in [-0.2, -0.15) is 11.3 Å². The molecule has 0 spiro atoms. The third-order valence-corrected chi connectivity index (χ3v) is 3.36. The van der Waals surface area contributed by atoms with Crippen LogP contribution in [0.5, 0.6) is 0 Å². The van der Waals surface area contributed by atoms with Crippen molar-refractivity contribution in [3.8, 4) is 0 Å². The molecule has 0 atom stereocenters. The Hall–Kier alpha value is -2.40. The molecule has 0 radical (unpaired) electrons. The summed E-state index contributed by atoms with van der Waals surface area (Å²) >= 11 is 1.59. The van der Waals surface area contributed by atoms with Gasteiger partial charge in [0.25, 0.3) is 5.91 Å². The lowest BCUT2D eigenvalue weighted by atomic mass is 10.1. The number of thiophene rings is 1. The van der Waals surface area contributed by atoms with Crippen LogP contribution in [0.15, 0.2) is 47.2 Å². The number of carboxylic acid groups (broad SMARTS) is 1. The fourth-order valence-corrected chi connectivity index (χ4v) is 2.26. The van der Waals surface area contributed by atoms with Crippen molar-refractivity contribution >= 4 is 29.3 Å². The van der Waals surface area contributed by atoms with Crippen LogP contribution in [0.1, 0.15) is 21.5 Å². The summed E-state index contributed by atoms with van der Waals surface area (Å²) in [5, 5.41) is 15.3. The topological polar surface area (TPSA) is 66.4 Å². The van der Waals surface area contributed by atoms with Gasteiger partial charge in [0.05, 0.1) is 0 Å². The summed E-state index contributed by atoms with van der Waals surface area (Å²) in [6.45, 7) is 0.503. The zero-order valence-electron chi connectivity index (χ0n) is 10.6. The van der Waals surface area contributed by atoms with Crippen molar-refractivity contribution in [3.05, 3.63) is 63.9 Å². The Morgan fingerprint density at radius 2 is 1.95 bits per heavy atom. The van der Waals surface area contributed by atoms with Crippen LogP contribution in [0.2, 0.25) is 0 Å². The van der Waals surface area contributed by atoms with Gasteiger partial charge in [0.1, 0.15) is 0 Å². The van der Waals surface area contributed by atoms with Crippen molar-refractivity contribution < 1.29 is 14.7 Å². The van der Waals surface area contributed by atoms with Gasteiger partial charge in [0, 0.05) is 18.2 Å². The molecule has 2 rings (SSSR count). The molecule has 4 nitrogen and oxygen atoms in total. The summed E-state index contributed by atoms with van der Waals surface area (Å²) in [5.74, 6) is -1.15. The minimum atomic E-state index is -0.998. The number of carbonyl (C=O) groups excluding carboxylic acids is 1. The Kier molecular flexibility index (Phi) is 4.68. The minimum Gasteiger partial charge on any atom is -0.478 e. The highest BCUT2D eigenvalue weighted by Crippen LogP contribution is 2.08. The lowest BCUT2D eigenvalue weighted by molar-refractivity contribution is -0.131. The van der Waals surface area contributed by atoms with Crippen LogP contribution in [0.3, 0.4) is 0 Å². The van der Waals surface area contributed by atoms with E-state index in [9.17, 15) is 9.59 Å². The van der Waals surface area contributed by atoms with Gasteiger partial charge >= 0.3 is 5.97 Å². The SMILES string of the molecule is O=C(O)C=Cc1ccc(C(=O)NCc2ccsc2)cc1. The standard InChI is InChI=1S/C15H13NO3S/c17-14(18)6-3-11-1-4-13(5-2-11)15(19)16-9-12-7-8-20-10-12/h1-8,10H,9H2,(H,16,19)(H,17,18). The van der Waals surface area contributed by atoms with Crippen LogP contribution in [-0.2, 0) is 11.3 Å². The molecule has 0 bridgehead atoms. The quantitative estimate of drug-likeness (QED) is 0.831. The van der Waals surface area contributed by atoms with Crippen LogP contribution in [0.25, 0.3) is 6.08 Å². The first-order chi connectivity index (χ1) is 9.65. The van der Waals surface area contributed by atoms with Crippen molar-refractivity contribution in [2.45, 2.75) is 6.54 Å². The van der Waals surface area contributed by atoms with E-state index in [0.29, 0.717) is 12.1 Å². The Morgan fingerprint density at radius 1 is 1.20 bits per heavy atom. The molecule has 0 aliphatic rings. The zero-order valence-corrected chi connectivity index (χ0v) is 11.4. The van der Waals surface area contributed by atoms with Gasteiger partial charge in [-0.25, -0.2) is 4.79 Å². The lowest BCUT2D eigenvalue weighted by Gasteiger charge is -2.04. The first-order valence-electron chi connectivity index (χ1n) is 5.95. The average molecular weight is 287 g/mol. The van der Waals surface area contributed by atoms with Crippen LogP contribution >= 0.6 is 11.3 Å². The molecule has 1 heterocycles. The number of benzene rings is 1. The number of carbonyl (C=O) groups is 2. The highest BCUT2D eigenvalue weighted by molar-refractivity contribution is 7.07. The van der Waals surface area contributed by atoms with E-state index in [-0.39, 0.29) is 5.91 Å². The zero-order chi connectivity index (χ0) is 14.4. The van der Waals surface area contributed by atoms with E-state index in [4.69, 9.17) is 5.11 Å². The first-order valence-corrected chi connectivity index (χ1v) is 6.90. The van der Waals surface area contributed by atoms with Crippen LogP contribution in [-0.4, -0.2) is 17.0 Å². The number of hydrogen-bond donors (Lipinski definition) is 2. The Morgan fingerprint density at radius 3 is 2.55 bits per heavy atom. The molecule has 1 aromatic heterocycles. The normalized spacial score (nSPS) is 10.6. The molecule has 1 amide bonds. The maximum Gasteiger partial charge on any atom is 0.328 e. The minimum absolute atomic E-state index is 0.148. The Labute approximate surface area is 120 Å². The summed E-state index contributed by atoms with van der Waals surface area (Å²) in [7, 11) is 0. The first kappa shape index (κ1) is 14.0. The summed E-state index contributed by atoms with van der Waals surface area (Å²) in [4.78, 5) is 22.3. The summed E-state index contributed by atoms with van der Waals surface area (Å²) < 4.78 is 0. The van der Waals surface area contributed by atoms with E-state index in [2.05, 4.69) is 5.32 Å². The summed E-state index contributed by atoms with van der Waals surface area (Å²) in [6.07, 6.45) is 2.54. The Balaban J connectivity index is 1.95. The predicted molar refractivity (Wildman–Crippen MR) is 78.6 cm³/mol. The molecule has 0 unspecified atom stereocenters. The van der Waals surface area contributed by atoms with E-state index in [0.717, 1.165) is 17.2 Å². The van der Waals surface area contributed by atoms with E-state index >= 15 is 0 Å². The van der Waals surface area contributed by atoms with Crippen molar-refractivity contribution in [1.29, 1.82) is 0 Å². The van der Waals surface area contributed by atoms with Gasteiger partial charge in [0.15, 0.2) is 0 Å². The van der Waals surface area contributed by atoms with Gasteiger partial charge < -0.3 is 10.4 Å². The molecule has 0 saturated heterocycles. The maximum atomic E-state index is 11.9. The second-order valence-electron chi connectivity index (χ2n) is 4.11. The molecule has 2 aromatic rings. The molecule has 20 heavy (non-hydrogen) atoms. The predicted octanol–water partition coefficient (Wildman–Crippen LogP) is 2.78. The fourth-order valence-electron chi connectivity index (χ4n) is 1.59. The summed E-state index contributed by atoms with van der Waals surface area (Å²) in [6, 6.07) is 8.72. The van der Waals surface area contributed by atoms with E-state index in [1.165, 1.54) is 6.08 Å². The highest BCUT2D eigenvalue weighted by atomic mass is 32.1. The molecule has 0 fully saturated rings. The number of nitrogens with one attached hydrogen (secondary N) is 1. The van der Waals surface area contributed by atoms with Gasteiger partial charge in [-0.3, -0.25) is 4.79 Å². The average Bonchev–Trinajstić information content (AvgIpc) is 2.96. The number of amides is 1. The fraction of sp³-hybridized carbons (Fsp3) is 0.0667. The molecular formula is C15H13NO3S. The van der Waals surface area contributed by atoms with E-state index in [1.54, 1.807) is 35.6 Å². The smallest absolute Gasteiger partial charge is 0.328 e. The molecule has 102 valence electrons. The van der Waals surface area contributed by atoms with E-state index < -0.39 is 5.97 Å². The van der Waals surface area contributed by atoms with Crippen molar-refractivity contribution in [3.63, 3.8) is 0 Å². The van der Waals surface area contributed by atoms with Gasteiger partial charge in [-0.05, 0) is 46.2 Å². The van der Waals surface area contributed by atoms with Gasteiger partial charge in [-0.15, -0.1) is 0 Å². The largest absolute Gasteiger partial charge is 0.478 e. The number of hydrogen-bond acceptors (Lipinski definition) is 3. The Bertz CT molecular complexity index is 615. The number of carboxylic acids is 1. The lowest BCUT2D eigenvalue weighted by Crippen LogP contribution is -2.22. The monoisotopic (exact) mass is 287 g/mol. The number of rotatable bonds is 5. The van der Waals surface area contributed by atoms with Crippen LogP contribution in [0.4, 0.5) is 0 Å². The third kappa shape index (κ3) is 4.07.